The molecule has 2 aromatic rings. The first-order chi connectivity index (χ1) is 9.08. The van der Waals surface area contributed by atoms with Crippen LogP contribution in [0.25, 0.3) is 6.08 Å². The van der Waals surface area contributed by atoms with E-state index in [2.05, 4.69) is 0 Å². The molecule has 0 radical (unpaired) electrons. The van der Waals surface area contributed by atoms with Crippen molar-refractivity contribution in [1.82, 2.24) is 0 Å². The number of nitrogens with two attached hydrogens (primary N) is 1. The van der Waals surface area contributed by atoms with Crippen molar-refractivity contribution < 1.29 is 13.6 Å². The van der Waals surface area contributed by atoms with E-state index in [4.69, 9.17) is 5.73 Å². The van der Waals surface area contributed by atoms with Gasteiger partial charge >= 0.3 is 0 Å². The van der Waals surface area contributed by atoms with Gasteiger partial charge in [0.25, 0.3) is 0 Å². The number of carbonyl (C=O) groups excluding carboxylic acids is 1. The number of carbonyl (C=O) groups is 1. The summed E-state index contributed by atoms with van der Waals surface area (Å²) >= 11 is 0. The van der Waals surface area contributed by atoms with E-state index < -0.39 is 11.6 Å². The fourth-order valence-corrected chi connectivity index (χ4v) is 1.61. The highest BCUT2D eigenvalue weighted by Crippen LogP contribution is 2.14. The van der Waals surface area contributed by atoms with Crippen molar-refractivity contribution in [2.45, 2.75) is 0 Å². The Bertz CT molecular complexity index is 650. The lowest BCUT2D eigenvalue weighted by Crippen LogP contribution is -2.00. The molecule has 0 atom stereocenters. The van der Waals surface area contributed by atoms with Gasteiger partial charge < -0.3 is 5.73 Å². The Morgan fingerprint density at radius 3 is 2.53 bits per heavy atom. The summed E-state index contributed by atoms with van der Waals surface area (Å²) in [4.78, 5) is 11.9. The standard InChI is InChI=1S/C15H11F2NO/c16-11-7-5-10(13(17)9-11)6-8-15(19)12-3-1-2-4-14(12)18/h1-9H,18H2/b8-6+. The predicted octanol–water partition coefficient (Wildman–Crippen LogP) is 3.44. The Morgan fingerprint density at radius 2 is 1.84 bits per heavy atom. The lowest BCUT2D eigenvalue weighted by Gasteiger charge is -2.00. The molecule has 0 aliphatic carbocycles. The molecule has 0 amide bonds. The molecular formula is C15H11F2NO. The van der Waals surface area contributed by atoms with Gasteiger partial charge in [-0.05, 0) is 36.4 Å². The van der Waals surface area contributed by atoms with E-state index in [0.29, 0.717) is 11.3 Å². The van der Waals surface area contributed by atoms with Gasteiger partial charge in [-0.1, -0.05) is 12.1 Å². The van der Waals surface area contributed by atoms with Crippen molar-refractivity contribution in [3.8, 4) is 0 Å². The number of benzene rings is 2. The van der Waals surface area contributed by atoms with Gasteiger partial charge in [-0.3, -0.25) is 4.79 Å². The molecule has 4 heteroatoms. The molecule has 2 N–H and O–H groups in total. The zero-order valence-corrected chi connectivity index (χ0v) is 9.94. The summed E-state index contributed by atoms with van der Waals surface area (Å²) in [6.45, 7) is 0. The van der Waals surface area contributed by atoms with Crippen LogP contribution in [0.5, 0.6) is 0 Å². The van der Waals surface area contributed by atoms with Gasteiger partial charge in [0, 0.05) is 22.9 Å². The topological polar surface area (TPSA) is 43.1 Å². The molecule has 0 heterocycles. The van der Waals surface area contributed by atoms with Crippen molar-refractivity contribution in [2.75, 3.05) is 5.73 Å². The minimum absolute atomic E-state index is 0.143. The maximum Gasteiger partial charge on any atom is 0.187 e. The van der Waals surface area contributed by atoms with Crippen LogP contribution >= 0.6 is 0 Å². The largest absolute Gasteiger partial charge is 0.398 e. The van der Waals surface area contributed by atoms with E-state index in [-0.39, 0.29) is 11.3 Å². The van der Waals surface area contributed by atoms with Crippen LogP contribution in [0, 0.1) is 11.6 Å². The first kappa shape index (κ1) is 13.0. The first-order valence-electron chi connectivity index (χ1n) is 5.60. The molecule has 2 nitrogen and oxygen atoms in total. The van der Waals surface area contributed by atoms with E-state index in [1.54, 1.807) is 24.3 Å². The normalized spacial score (nSPS) is 10.8. The Labute approximate surface area is 109 Å². The quantitative estimate of drug-likeness (QED) is 0.521. The fraction of sp³-hybridized carbons (Fsp3) is 0. The average molecular weight is 259 g/mol. The number of anilines is 1. The molecule has 0 fully saturated rings. The second-order valence-electron chi connectivity index (χ2n) is 3.95. The Hall–Kier alpha value is -2.49. The molecule has 0 bridgehead atoms. The zero-order valence-electron chi connectivity index (χ0n) is 9.94. The number of hydrogen-bond donors (Lipinski definition) is 1. The lowest BCUT2D eigenvalue weighted by molar-refractivity contribution is 0.104. The van der Waals surface area contributed by atoms with E-state index in [1.165, 1.54) is 18.2 Å². The third kappa shape index (κ3) is 3.04. The molecule has 0 aromatic heterocycles. The van der Waals surface area contributed by atoms with Crippen molar-refractivity contribution >= 4 is 17.5 Å². The first-order valence-corrected chi connectivity index (χ1v) is 5.60. The van der Waals surface area contributed by atoms with Gasteiger partial charge in [0.05, 0.1) is 0 Å². The highest BCUT2D eigenvalue weighted by Gasteiger charge is 2.06. The molecule has 0 saturated carbocycles. The van der Waals surface area contributed by atoms with Crippen LogP contribution in [-0.4, -0.2) is 5.78 Å². The minimum Gasteiger partial charge on any atom is -0.398 e. The van der Waals surface area contributed by atoms with Gasteiger partial charge in [0.2, 0.25) is 0 Å². The van der Waals surface area contributed by atoms with Crippen LogP contribution < -0.4 is 5.73 Å². The smallest absolute Gasteiger partial charge is 0.187 e. The highest BCUT2D eigenvalue weighted by atomic mass is 19.1. The van der Waals surface area contributed by atoms with Crippen LogP contribution in [0.4, 0.5) is 14.5 Å². The fourth-order valence-electron chi connectivity index (χ4n) is 1.61. The summed E-state index contributed by atoms with van der Waals surface area (Å²) in [5.41, 5.74) is 6.51. The Morgan fingerprint density at radius 1 is 1.11 bits per heavy atom. The van der Waals surface area contributed by atoms with Crippen LogP contribution in [0.1, 0.15) is 15.9 Å². The van der Waals surface area contributed by atoms with Gasteiger partial charge in [0.15, 0.2) is 5.78 Å². The van der Waals surface area contributed by atoms with Crippen LogP contribution in [0.3, 0.4) is 0 Å². The average Bonchev–Trinajstić information content (AvgIpc) is 2.38. The zero-order chi connectivity index (χ0) is 13.8. The van der Waals surface area contributed by atoms with E-state index >= 15 is 0 Å². The molecule has 19 heavy (non-hydrogen) atoms. The number of allylic oxidation sites excluding steroid dienone is 1. The number of rotatable bonds is 3. The molecule has 2 aromatic carbocycles. The van der Waals surface area contributed by atoms with Crippen molar-refractivity contribution in [3.05, 3.63) is 71.3 Å². The second kappa shape index (κ2) is 5.44. The Balaban J connectivity index is 2.24. The van der Waals surface area contributed by atoms with Crippen LogP contribution in [0.2, 0.25) is 0 Å². The summed E-state index contributed by atoms with van der Waals surface area (Å²) in [6, 6.07) is 9.77. The molecule has 0 unspecified atom stereocenters. The summed E-state index contributed by atoms with van der Waals surface area (Å²) in [5, 5.41) is 0. The molecule has 0 spiro atoms. The number of halogens is 2. The number of ketones is 1. The SMILES string of the molecule is Nc1ccccc1C(=O)/C=C/c1ccc(F)cc1F. The molecule has 2 rings (SSSR count). The van der Waals surface area contributed by atoms with Gasteiger partial charge in [-0.25, -0.2) is 8.78 Å². The van der Waals surface area contributed by atoms with Crippen LogP contribution in [-0.2, 0) is 0 Å². The lowest BCUT2D eigenvalue weighted by atomic mass is 10.1. The van der Waals surface area contributed by atoms with Crippen molar-refractivity contribution in [2.24, 2.45) is 0 Å². The van der Waals surface area contributed by atoms with Crippen molar-refractivity contribution in [1.29, 1.82) is 0 Å². The van der Waals surface area contributed by atoms with Gasteiger partial charge in [0.1, 0.15) is 11.6 Å². The third-order valence-electron chi connectivity index (χ3n) is 2.60. The number of nitrogen functional groups attached to an aromatic ring is 1. The third-order valence-corrected chi connectivity index (χ3v) is 2.60. The van der Waals surface area contributed by atoms with E-state index in [9.17, 15) is 13.6 Å². The van der Waals surface area contributed by atoms with Crippen LogP contribution in [0.15, 0.2) is 48.5 Å². The molecular weight excluding hydrogens is 248 g/mol. The molecule has 96 valence electrons. The second-order valence-corrected chi connectivity index (χ2v) is 3.95. The number of hydrogen-bond acceptors (Lipinski definition) is 2. The predicted molar refractivity (Wildman–Crippen MR) is 70.6 cm³/mol. The summed E-state index contributed by atoms with van der Waals surface area (Å²) in [5.74, 6) is -1.71. The van der Waals surface area contributed by atoms with E-state index in [1.807, 2.05) is 0 Å². The van der Waals surface area contributed by atoms with E-state index in [0.717, 1.165) is 12.1 Å². The minimum atomic E-state index is -0.718. The maximum absolute atomic E-state index is 13.4. The molecule has 0 aliphatic heterocycles. The maximum atomic E-state index is 13.4. The molecule has 0 aliphatic rings. The monoisotopic (exact) mass is 259 g/mol. The summed E-state index contributed by atoms with van der Waals surface area (Å²) < 4.78 is 26.1. The van der Waals surface area contributed by atoms with Gasteiger partial charge in [-0.15, -0.1) is 0 Å². The van der Waals surface area contributed by atoms with Gasteiger partial charge in [-0.2, -0.15) is 0 Å². The Kier molecular flexibility index (Phi) is 3.71. The summed E-state index contributed by atoms with van der Waals surface area (Å²) in [6.07, 6.45) is 2.51. The molecule has 0 saturated heterocycles. The summed E-state index contributed by atoms with van der Waals surface area (Å²) in [7, 11) is 0. The number of para-hydroxylation sites is 1. The van der Waals surface area contributed by atoms with Crippen molar-refractivity contribution in [3.63, 3.8) is 0 Å². The highest BCUT2D eigenvalue weighted by molar-refractivity contribution is 6.10.